The Morgan fingerprint density at radius 3 is 2.46 bits per heavy atom. The molecule has 0 aliphatic carbocycles. The lowest BCUT2D eigenvalue weighted by Crippen LogP contribution is -1.93. The van der Waals surface area contributed by atoms with Crippen molar-refractivity contribution >= 4 is 22.6 Å². The molecule has 24 heavy (non-hydrogen) atoms. The Labute approximate surface area is 143 Å². The van der Waals surface area contributed by atoms with Gasteiger partial charge in [0, 0.05) is 16.6 Å². The molecule has 0 amide bonds. The number of nitrogens with zero attached hydrogens (tertiary/aromatic N) is 2. The van der Waals surface area contributed by atoms with Gasteiger partial charge in [-0.1, -0.05) is 18.2 Å². The summed E-state index contributed by atoms with van der Waals surface area (Å²) in [5, 5.41) is 2.00. The molecule has 0 saturated carbocycles. The standard InChI is InChI=1S/C19H14N2O2S/c1-13-12-24-19-20-18(17(11-22)21(13)19)14-7-9-16(10-8-14)23-15-5-3-2-4-6-15/h2-12H,1H3. The summed E-state index contributed by atoms with van der Waals surface area (Å²) < 4.78 is 7.69. The van der Waals surface area contributed by atoms with Crippen LogP contribution in [0, 0.1) is 6.92 Å². The smallest absolute Gasteiger partial charge is 0.195 e. The molecular weight excluding hydrogens is 320 g/mol. The number of hydrogen-bond donors (Lipinski definition) is 0. The van der Waals surface area contributed by atoms with E-state index in [2.05, 4.69) is 4.98 Å². The Morgan fingerprint density at radius 2 is 1.75 bits per heavy atom. The van der Waals surface area contributed by atoms with Gasteiger partial charge < -0.3 is 4.74 Å². The molecule has 118 valence electrons. The number of carbonyl (C=O) groups excluding carboxylic acids is 1. The first-order valence-electron chi connectivity index (χ1n) is 7.51. The van der Waals surface area contributed by atoms with Crippen LogP contribution in [0.5, 0.6) is 11.5 Å². The van der Waals surface area contributed by atoms with E-state index in [1.54, 1.807) is 0 Å². The molecule has 0 radical (unpaired) electrons. The molecule has 0 unspecified atom stereocenters. The van der Waals surface area contributed by atoms with Crippen molar-refractivity contribution in [1.29, 1.82) is 0 Å². The number of benzene rings is 2. The van der Waals surface area contributed by atoms with Gasteiger partial charge in [-0.25, -0.2) is 4.98 Å². The maximum Gasteiger partial charge on any atom is 0.195 e. The van der Waals surface area contributed by atoms with Gasteiger partial charge in [0.05, 0.1) is 0 Å². The van der Waals surface area contributed by atoms with Crippen LogP contribution in [0.25, 0.3) is 16.2 Å². The fourth-order valence-corrected chi connectivity index (χ4v) is 3.52. The SMILES string of the molecule is Cc1csc2nc(-c3ccc(Oc4ccccc4)cc3)c(C=O)n12. The third-order valence-electron chi connectivity index (χ3n) is 3.79. The molecule has 4 rings (SSSR count). The van der Waals surface area contributed by atoms with Gasteiger partial charge >= 0.3 is 0 Å². The summed E-state index contributed by atoms with van der Waals surface area (Å²) in [6.45, 7) is 1.97. The van der Waals surface area contributed by atoms with Crippen molar-refractivity contribution in [2.75, 3.05) is 0 Å². The van der Waals surface area contributed by atoms with Crippen molar-refractivity contribution < 1.29 is 9.53 Å². The van der Waals surface area contributed by atoms with Gasteiger partial charge in [0.1, 0.15) is 22.9 Å². The largest absolute Gasteiger partial charge is 0.457 e. The number of aromatic nitrogens is 2. The van der Waals surface area contributed by atoms with Crippen molar-refractivity contribution in [1.82, 2.24) is 9.38 Å². The Kier molecular flexibility index (Phi) is 3.63. The molecule has 0 saturated heterocycles. The van der Waals surface area contributed by atoms with Crippen LogP contribution < -0.4 is 4.74 Å². The normalized spacial score (nSPS) is 10.9. The maximum absolute atomic E-state index is 11.6. The minimum atomic E-state index is 0.584. The van der Waals surface area contributed by atoms with E-state index in [1.807, 2.05) is 71.3 Å². The summed E-state index contributed by atoms with van der Waals surface area (Å²) >= 11 is 1.53. The molecule has 0 atom stereocenters. The van der Waals surface area contributed by atoms with Crippen molar-refractivity contribution in [2.24, 2.45) is 0 Å². The van der Waals surface area contributed by atoms with Crippen molar-refractivity contribution in [3.8, 4) is 22.8 Å². The predicted molar refractivity (Wildman–Crippen MR) is 95.1 cm³/mol. The zero-order chi connectivity index (χ0) is 16.5. The third-order valence-corrected chi connectivity index (χ3v) is 4.73. The van der Waals surface area contributed by atoms with Gasteiger partial charge in [-0.2, -0.15) is 0 Å². The Bertz CT molecular complexity index is 1000. The van der Waals surface area contributed by atoms with E-state index in [4.69, 9.17) is 4.74 Å². The maximum atomic E-state index is 11.6. The summed E-state index contributed by atoms with van der Waals surface area (Å²) in [6.07, 6.45) is 0.865. The van der Waals surface area contributed by atoms with Crippen LogP contribution in [-0.4, -0.2) is 15.7 Å². The second-order valence-electron chi connectivity index (χ2n) is 5.40. The minimum Gasteiger partial charge on any atom is -0.457 e. The number of rotatable bonds is 4. The second-order valence-corrected chi connectivity index (χ2v) is 6.23. The molecule has 5 heteroatoms. The van der Waals surface area contributed by atoms with E-state index in [1.165, 1.54) is 11.3 Å². The van der Waals surface area contributed by atoms with E-state index < -0.39 is 0 Å². The zero-order valence-corrected chi connectivity index (χ0v) is 13.8. The molecule has 4 nitrogen and oxygen atoms in total. The Hall–Kier alpha value is -2.92. The van der Waals surface area contributed by atoms with Crippen LogP contribution in [-0.2, 0) is 0 Å². The van der Waals surface area contributed by atoms with Crippen LogP contribution in [0.3, 0.4) is 0 Å². The average Bonchev–Trinajstić information content (AvgIpc) is 3.16. The number of aldehydes is 1. The van der Waals surface area contributed by atoms with E-state index >= 15 is 0 Å². The highest BCUT2D eigenvalue weighted by Crippen LogP contribution is 2.29. The molecule has 2 heterocycles. The first-order valence-corrected chi connectivity index (χ1v) is 8.39. The molecule has 0 fully saturated rings. The molecule has 0 N–H and O–H groups in total. The molecule has 0 bridgehead atoms. The number of para-hydroxylation sites is 1. The topological polar surface area (TPSA) is 43.6 Å². The van der Waals surface area contributed by atoms with Crippen molar-refractivity contribution in [2.45, 2.75) is 6.92 Å². The quantitative estimate of drug-likeness (QED) is 0.495. The number of aryl methyl sites for hydroxylation is 1. The lowest BCUT2D eigenvalue weighted by molar-refractivity contribution is 0.111. The third kappa shape index (κ3) is 2.49. The van der Waals surface area contributed by atoms with Gasteiger partial charge in [0.25, 0.3) is 0 Å². The van der Waals surface area contributed by atoms with Crippen LogP contribution in [0.1, 0.15) is 16.2 Å². The van der Waals surface area contributed by atoms with E-state index in [0.29, 0.717) is 11.4 Å². The summed E-state index contributed by atoms with van der Waals surface area (Å²) in [5.41, 5.74) is 3.19. The molecule has 2 aromatic carbocycles. The number of imidazole rings is 1. The van der Waals surface area contributed by atoms with Crippen LogP contribution in [0.4, 0.5) is 0 Å². The van der Waals surface area contributed by atoms with Crippen LogP contribution in [0.15, 0.2) is 60.0 Å². The van der Waals surface area contributed by atoms with Gasteiger partial charge in [0.15, 0.2) is 11.2 Å². The summed E-state index contributed by atoms with van der Waals surface area (Å²) in [4.78, 5) is 17.0. The van der Waals surface area contributed by atoms with Crippen LogP contribution in [0.2, 0.25) is 0 Å². The number of ether oxygens (including phenoxy) is 1. The monoisotopic (exact) mass is 334 g/mol. The molecule has 0 aliphatic heterocycles. The number of carbonyl (C=O) groups is 1. The molecule has 0 aliphatic rings. The van der Waals surface area contributed by atoms with Crippen LogP contribution >= 0.6 is 11.3 Å². The summed E-state index contributed by atoms with van der Waals surface area (Å²) in [7, 11) is 0. The molecule has 0 spiro atoms. The molecule has 2 aromatic heterocycles. The minimum absolute atomic E-state index is 0.584. The Morgan fingerprint density at radius 1 is 1.04 bits per heavy atom. The lowest BCUT2D eigenvalue weighted by atomic mass is 10.1. The number of thiazole rings is 1. The number of fused-ring (bicyclic) bond motifs is 1. The fraction of sp³-hybridized carbons (Fsp3) is 0.0526. The summed E-state index contributed by atoms with van der Waals surface area (Å²) in [5.74, 6) is 1.53. The molecule has 4 aromatic rings. The predicted octanol–water partition coefficient (Wildman–Crippen LogP) is 4.98. The fourth-order valence-electron chi connectivity index (χ4n) is 2.65. The van der Waals surface area contributed by atoms with E-state index in [0.717, 1.165) is 34.0 Å². The lowest BCUT2D eigenvalue weighted by Gasteiger charge is -2.06. The van der Waals surface area contributed by atoms with Gasteiger partial charge in [-0.05, 0) is 43.3 Å². The van der Waals surface area contributed by atoms with Gasteiger partial charge in [0.2, 0.25) is 0 Å². The zero-order valence-electron chi connectivity index (χ0n) is 13.0. The van der Waals surface area contributed by atoms with Crippen molar-refractivity contribution in [3.63, 3.8) is 0 Å². The first-order chi connectivity index (χ1) is 11.8. The van der Waals surface area contributed by atoms with E-state index in [-0.39, 0.29) is 0 Å². The van der Waals surface area contributed by atoms with E-state index in [9.17, 15) is 4.79 Å². The second kappa shape index (κ2) is 5.94. The molecular formula is C19H14N2O2S. The summed E-state index contributed by atoms with van der Waals surface area (Å²) in [6, 6.07) is 17.2. The Balaban J connectivity index is 1.69. The average molecular weight is 334 g/mol. The first kappa shape index (κ1) is 14.7. The highest BCUT2D eigenvalue weighted by molar-refractivity contribution is 7.15. The van der Waals surface area contributed by atoms with Gasteiger partial charge in [-0.3, -0.25) is 9.20 Å². The highest BCUT2D eigenvalue weighted by atomic mass is 32.1. The number of hydrogen-bond acceptors (Lipinski definition) is 4. The van der Waals surface area contributed by atoms with Crippen molar-refractivity contribution in [3.05, 3.63) is 71.4 Å². The highest BCUT2D eigenvalue weighted by Gasteiger charge is 2.16. The van der Waals surface area contributed by atoms with Gasteiger partial charge in [-0.15, -0.1) is 11.3 Å².